The van der Waals surface area contributed by atoms with E-state index in [1.807, 2.05) is 0 Å². The first-order valence-electron chi connectivity index (χ1n) is 6.14. The molecule has 1 spiro atoms. The lowest BCUT2D eigenvalue weighted by Gasteiger charge is -2.32. The van der Waals surface area contributed by atoms with Crippen molar-refractivity contribution in [1.29, 1.82) is 0 Å². The van der Waals surface area contributed by atoms with E-state index in [9.17, 15) is 4.79 Å². The average Bonchev–Trinajstić information content (AvgIpc) is 2.48. The van der Waals surface area contributed by atoms with E-state index in [2.05, 4.69) is 24.1 Å². The predicted octanol–water partition coefficient (Wildman–Crippen LogP) is 1.24. The highest BCUT2D eigenvalue weighted by Crippen LogP contribution is 2.37. The fraction of sp³-hybridized carbons (Fsp3) is 0.917. The number of nitrogens with one attached hydrogen (secondary N) is 1. The number of piperidine rings is 1. The van der Waals surface area contributed by atoms with Gasteiger partial charge in [-0.3, -0.25) is 4.79 Å². The summed E-state index contributed by atoms with van der Waals surface area (Å²) in [6.07, 6.45) is 3.31. The van der Waals surface area contributed by atoms with Crippen LogP contribution in [0.1, 0.15) is 33.1 Å². The molecule has 0 unspecified atom stereocenters. The van der Waals surface area contributed by atoms with Crippen molar-refractivity contribution in [3.63, 3.8) is 0 Å². The minimum Gasteiger partial charge on any atom is -0.342 e. The lowest BCUT2D eigenvalue weighted by atomic mass is 9.79. The third-order valence-corrected chi connectivity index (χ3v) is 3.66. The van der Waals surface area contributed by atoms with E-state index in [0.717, 1.165) is 45.4 Å². The summed E-state index contributed by atoms with van der Waals surface area (Å²) in [5.74, 6) is 0.990. The van der Waals surface area contributed by atoms with E-state index < -0.39 is 0 Å². The molecule has 0 aromatic rings. The van der Waals surface area contributed by atoms with Crippen molar-refractivity contribution in [3.05, 3.63) is 0 Å². The molecule has 3 nitrogen and oxygen atoms in total. The van der Waals surface area contributed by atoms with Gasteiger partial charge in [-0.2, -0.15) is 0 Å². The van der Waals surface area contributed by atoms with Gasteiger partial charge in [0.25, 0.3) is 0 Å². The van der Waals surface area contributed by atoms with Crippen LogP contribution >= 0.6 is 0 Å². The van der Waals surface area contributed by atoms with Crippen LogP contribution in [-0.2, 0) is 4.79 Å². The smallest absolute Gasteiger partial charge is 0.230 e. The highest BCUT2D eigenvalue weighted by Gasteiger charge is 2.46. The van der Waals surface area contributed by atoms with E-state index in [4.69, 9.17) is 0 Å². The lowest BCUT2D eigenvalue weighted by Crippen LogP contribution is -2.46. The number of amides is 1. The zero-order valence-electron chi connectivity index (χ0n) is 9.88. The molecular formula is C12H22N2O. The molecule has 1 N–H and O–H groups in total. The second-order valence-electron chi connectivity index (χ2n) is 5.46. The van der Waals surface area contributed by atoms with Gasteiger partial charge in [-0.05, 0) is 31.7 Å². The van der Waals surface area contributed by atoms with Gasteiger partial charge in [0.1, 0.15) is 0 Å². The first-order chi connectivity index (χ1) is 7.14. The maximum absolute atomic E-state index is 12.3. The Bertz CT molecular complexity index is 244. The Labute approximate surface area is 92.2 Å². The predicted molar refractivity (Wildman–Crippen MR) is 60.6 cm³/mol. The second-order valence-corrected chi connectivity index (χ2v) is 5.46. The third kappa shape index (κ3) is 2.03. The lowest BCUT2D eigenvalue weighted by molar-refractivity contribution is -0.137. The Morgan fingerprint density at radius 3 is 2.87 bits per heavy atom. The van der Waals surface area contributed by atoms with E-state index in [1.54, 1.807) is 0 Å². The molecule has 2 aliphatic heterocycles. The summed E-state index contributed by atoms with van der Waals surface area (Å²) in [5, 5.41) is 3.37. The quantitative estimate of drug-likeness (QED) is 0.744. The van der Waals surface area contributed by atoms with Gasteiger partial charge in [-0.25, -0.2) is 0 Å². The minimum atomic E-state index is -0.0346. The van der Waals surface area contributed by atoms with Gasteiger partial charge in [0.15, 0.2) is 0 Å². The highest BCUT2D eigenvalue weighted by atomic mass is 16.2. The second kappa shape index (κ2) is 4.12. The van der Waals surface area contributed by atoms with Crippen molar-refractivity contribution in [2.45, 2.75) is 33.1 Å². The number of hydrogen-bond acceptors (Lipinski definition) is 2. The molecule has 0 aromatic carbocycles. The summed E-state index contributed by atoms with van der Waals surface area (Å²) in [4.78, 5) is 14.4. The Kier molecular flexibility index (Phi) is 3.01. The van der Waals surface area contributed by atoms with Crippen LogP contribution in [0, 0.1) is 11.3 Å². The molecule has 0 bridgehead atoms. The average molecular weight is 210 g/mol. The Morgan fingerprint density at radius 2 is 2.27 bits per heavy atom. The number of carbonyl (C=O) groups is 1. The van der Waals surface area contributed by atoms with Crippen LogP contribution in [-0.4, -0.2) is 37.0 Å². The first-order valence-corrected chi connectivity index (χ1v) is 6.14. The fourth-order valence-corrected chi connectivity index (χ4v) is 2.87. The number of nitrogens with zero attached hydrogens (tertiary/aromatic N) is 1. The number of hydrogen-bond donors (Lipinski definition) is 1. The molecule has 0 aromatic heterocycles. The van der Waals surface area contributed by atoms with Crippen LogP contribution in [0.5, 0.6) is 0 Å². The molecule has 2 aliphatic rings. The normalized spacial score (nSPS) is 31.9. The molecular weight excluding hydrogens is 188 g/mol. The molecule has 86 valence electrons. The van der Waals surface area contributed by atoms with E-state index in [1.165, 1.54) is 0 Å². The zero-order chi connectivity index (χ0) is 10.9. The van der Waals surface area contributed by atoms with Gasteiger partial charge < -0.3 is 10.2 Å². The standard InChI is InChI=1S/C12H22N2O/c1-10(2)8-14-7-5-12(11(14)15)4-3-6-13-9-12/h10,13H,3-9H2,1-2H3/t12-/m0/s1. The highest BCUT2D eigenvalue weighted by molar-refractivity contribution is 5.85. The molecule has 2 fully saturated rings. The molecule has 0 radical (unpaired) electrons. The molecule has 3 heteroatoms. The van der Waals surface area contributed by atoms with Crippen LogP contribution in [0.25, 0.3) is 0 Å². The summed E-state index contributed by atoms with van der Waals surface area (Å²) >= 11 is 0. The van der Waals surface area contributed by atoms with Crippen LogP contribution in [0.4, 0.5) is 0 Å². The van der Waals surface area contributed by atoms with Gasteiger partial charge in [-0.15, -0.1) is 0 Å². The van der Waals surface area contributed by atoms with Crippen molar-refractivity contribution in [1.82, 2.24) is 10.2 Å². The number of carbonyl (C=O) groups excluding carboxylic acids is 1. The van der Waals surface area contributed by atoms with Gasteiger partial charge in [-0.1, -0.05) is 13.8 Å². The Balaban J connectivity index is 2.02. The maximum atomic E-state index is 12.3. The number of likely N-dealkylation sites (tertiary alicyclic amines) is 1. The van der Waals surface area contributed by atoms with Crippen LogP contribution < -0.4 is 5.32 Å². The summed E-state index contributed by atoms with van der Waals surface area (Å²) in [6, 6.07) is 0. The maximum Gasteiger partial charge on any atom is 0.230 e. The SMILES string of the molecule is CC(C)CN1CC[C@]2(CCCNC2)C1=O. The van der Waals surface area contributed by atoms with Gasteiger partial charge in [0, 0.05) is 19.6 Å². The Hall–Kier alpha value is -0.570. The first kappa shape index (κ1) is 10.9. The molecule has 1 atom stereocenters. The Morgan fingerprint density at radius 1 is 1.47 bits per heavy atom. The van der Waals surface area contributed by atoms with Crippen molar-refractivity contribution in [3.8, 4) is 0 Å². The molecule has 0 aliphatic carbocycles. The molecule has 2 rings (SSSR count). The van der Waals surface area contributed by atoms with Crippen molar-refractivity contribution in [2.24, 2.45) is 11.3 Å². The molecule has 15 heavy (non-hydrogen) atoms. The van der Waals surface area contributed by atoms with Crippen LogP contribution in [0.15, 0.2) is 0 Å². The summed E-state index contributed by atoms with van der Waals surface area (Å²) in [6.45, 7) is 8.24. The van der Waals surface area contributed by atoms with E-state index in [-0.39, 0.29) is 5.41 Å². The molecule has 2 saturated heterocycles. The monoisotopic (exact) mass is 210 g/mol. The van der Waals surface area contributed by atoms with Gasteiger partial charge in [0.2, 0.25) is 5.91 Å². The number of rotatable bonds is 2. The molecule has 1 amide bonds. The van der Waals surface area contributed by atoms with Gasteiger partial charge in [0.05, 0.1) is 5.41 Å². The van der Waals surface area contributed by atoms with E-state index >= 15 is 0 Å². The largest absolute Gasteiger partial charge is 0.342 e. The summed E-state index contributed by atoms with van der Waals surface area (Å²) in [7, 11) is 0. The molecule has 0 saturated carbocycles. The van der Waals surface area contributed by atoms with Crippen molar-refractivity contribution >= 4 is 5.91 Å². The molecule has 2 heterocycles. The fourth-order valence-electron chi connectivity index (χ4n) is 2.87. The topological polar surface area (TPSA) is 32.3 Å². The van der Waals surface area contributed by atoms with E-state index in [0.29, 0.717) is 11.8 Å². The summed E-state index contributed by atoms with van der Waals surface area (Å²) in [5.41, 5.74) is -0.0346. The van der Waals surface area contributed by atoms with Crippen molar-refractivity contribution < 1.29 is 4.79 Å². The van der Waals surface area contributed by atoms with Gasteiger partial charge >= 0.3 is 0 Å². The van der Waals surface area contributed by atoms with Crippen LogP contribution in [0.2, 0.25) is 0 Å². The minimum absolute atomic E-state index is 0.0346. The third-order valence-electron chi connectivity index (χ3n) is 3.66. The summed E-state index contributed by atoms with van der Waals surface area (Å²) < 4.78 is 0. The zero-order valence-corrected chi connectivity index (χ0v) is 9.88. The van der Waals surface area contributed by atoms with Crippen LogP contribution in [0.3, 0.4) is 0 Å². The van der Waals surface area contributed by atoms with Crippen molar-refractivity contribution in [2.75, 3.05) is 26.2 Å².